The summed E-state index contributed by atoms with van der Waals surface area (Å²) in [4.78, 5) is 29.7. The second-order valence-corrected chi connectivity index (χ2v) is 10.9. The summed E-state index contributed by atoms with van der Waals surface area (Å²) < 4.78 is 0.871. The van der Waals surface area contributed by atoms with Gasteiger partial charge in [0.1, 0.15) is 8.64 Å². The quantitative estimate of drug-likeness (QED) is 0.339. The predicted octanol–water partition coefficient (Wildman–Crippen LogP) is 6.10. The average Bonchev–Trinajstić information content (AvgIpc) is 3.18. The molecule has 162 valence electrons. The van der Waals surface area contributed by atoms with Crippen LogP contribution in [0, 0.1) is 0 Å². The van der Waals surface area contributed by atoms with E-state index in [0.717, 1.165) is 11.1 Å². The summed E-state index contributed by atoms with van der Waals surface area (Å²) in [5.74, 6) is -0.422. The minimum atomic E-state index is -0.211. The van der Waals surface area contributed by atoms with Crippen LogP contribution in [0.3, 0.4) is 0 Å². The summed E-state index contributed by atoms with van der Waals surface area (Å²) in [6, 6.07) is 14.5. The molecule has 10 heteroatoms. The molecule has 0 unspecified atom stereocenters. The number of amides is 2. The van der Waals surface area contributed by atoms with Crippen molar-refractivity contribution in [1.29, 1.82) is 0 Å². The van der Waals surface area contributed by atoms with E-state index in [1.807, 2.05) is 36.4 Å². The van der Waals surface area contributed by atoms with Crippen LogP contribution in [-0.2, 0) is 9.59 Å². The first-order valence-corrected chi connectivity index (χ1v) is 12.6. The van der Waals surface area contributed by atoms with E-state index in [4.69, 9.17) is 47.6 Å². The number of thiocarbonyl (C=S) groups is 2. The number of hydrogen-bond donors (Lipinski definition) is 0. The highest BCUT2D eigenvalue weighted by molar-refractivity contribution is 8.27. The number of carbonyl (C=O) groups is 2. The molecule has 2 saturated heterocycles. The van der Waals surface area contributed by atoms with E-state index < -0.39 is 0 Å². The summed E-state index contributed by atoms with van der Waals surface area (Å²) in [7, 11) is 0. The summed E-state index contributed by atoms with van der Waals surface area (Å²) in [6.45, 7) is 0.493. The molecule has 2 amide bonds. The van der Waals surface area contributed by atoms with Crippen molar-refractivity contribution in [3.05, 3.63) is 79.5 Å². The molecule has 2 aliphatic rings. The summed E-state index contributed by atoms with van der Waals surface area (Å²) >= 11 is 25.6. The summed E-state index contributed by atoms with van der Waals surface area (Å²) in [6.07, 6.45) is 3.46. The van der Waals surface area contributed by atoms with Crippen molar-refractivity contribution in [1.82, 2.24) is 9.80 Å². The number of carbonyl (C=O) groups excluding carboxylic acids is 2. The Balaban J connectivity index is 1.45. The Labute approximate surface area is 214 Å². The molecule has 2 fully saturated rings. The lowest BCUT2D eigenvalue weighted by atomic mass is 10.2. The van der Waals surface area contributed by atoms with Gasteiger partial charge in [0, 0.05) is 23.1 Å². The molecule has 0 spiro atoms. The van der Waals surface area contributed by atoms with E-state index >= 15 is 0 Å². The van der Waals surface area contributed by atoms with Crippen LogP contribution in [-0.4, -0.2) is 43.3 Å². The van der Waals surface area contributed by atoms with Crippen molar-refractivity contribution in [3.8, 4) is 0 Å². The molecule has 0 saturated carbocycles. The monoisotopic (exact) mass is 536 g/mol. The van der Waals surface area contributed by atoms with Gasteiger partial charge in [-0.05, 0) is 35.4 Å². The SMILES string of the molecule is O=C1/C(=C/c2ccccc2Cl)SC(=S)N1CCN1C(=O)/C(=C/c2ccccc2Cl)SC1=S. The first-order valence-electron chi connectivity index (χ1n) is 9.35. The molecule has 2 aliphatic heterocycles. The van der Waals surface area contributed by atoms with Gasteiger partial charge in [-0.25, -0.2) is 0 Å². The van der Waals surface area contributed by atoms with Gasteiger partial charge in [0.25, 0.3) is 11.8 Å². The molecule has 4 nitrogen and oxygen atoms in total. The third-order valence-electron chi connectivity index (χ3n) is 4.68. The minimum Gasteiger partial charge on any atom is -0.291 e. The molecule has 2 heterocycles. The van der Waals surface area contributed by atoms with Crippen molar-refractivity contribution in [3.63, 3.8) is 0 Å². The van der Waals surface area contributed by atoms with Crippen LogP contribution in [0.4, 0.5) is 0 Å². The van der Waals surface area contributed by atoms with E-state index in [1.54, 1.807) is 24.3 Å². The Kier molecular flexibility index (Phi) is 7.39. The number of thioether (sulfide) groups is 2. The van der Waals surface area contributed by atoms with Crippen molar-refractivity contribution in [2.45, 2.75) is 0 Å². The maximum atomic E-state index is 12.9. The Bertz CT molecular complexity index is 1120. The lowest BCUT2D eigenvalue weighted by Gasteiger charge is -2.19. The first-order chi connectivity index (χ1) is 15.3. The zero-order valence-corrected chi connectivity index (χ0v) is 21.1. The molecule has 0 atom stereocenters. The number of nitrogens with zero attached hydrogens (tertiary/aromatic N) is 2. The highest BCUT2D eigenvalue weighted by Crippen LogP contribution is 2.36. The third-order valence-corrected chi connectivity index (χ3v) is 8.12. The molecule has 0 aliphatic carbocycles. The Morgan fingerprint density at radius 1 is 0.719 bits per heavy atom. The molecule has 0 N–H and O–H groups in total. The largest absolute Gasteiger partial charge is 0.291 e. The Morgan fingerprint density at radius 3 is 1.47 bits per heavy atom. The fourth-order valence-corrected chi connectivity index (χ4v) is 6.03. The number of rotatable bonds is 5. The van der Waals surface area contributed by atoms with Crippen LogP contribution in [0.1, 0.15) is 11.1 Å². The minimum absolute atomic E-state index is 0.211. The zero-order chi connectivity index (χ0) is 22.8. The third kappa shape index (κ3) is 4.95. The first kappa shape index (κ1) is 23.5. The number of halogens is 2. The Morgan fingerprint density at radius 2 is 1.09 bits per heavy atom. The lowest BCUT2D eigenvalue weighted by Crippen LogP contribution is -2.39. The van der Waals surface area contributed by atoms with Gasteiger partial charge in [-0.2, -0.15) is 0 Å². The fraction of sp³-hybridized carbons (Fsp3) is 0.0909. The molecule has 32 heavy (non-hydrogen) atoms. The molecule has 0 bridgehead atoms. The summed E-state index contributed by atoms with van der Waals surface area (Å²) in [5, 5.41) is 1.11. The zero-order valence-electron chi connectivity index (χ0n) is 16.3. The van der Waals surface area contributed by atoms with Gasteiger partial charge < -0.3 is 0 Å². The van der Waals surface area contributed by atoms with Gasteiger partial charge in [0.15, 0.2) is 0 Å². The van der Waals surface area contributed by atoms with Gasteiger partial charge in [0.05, 0.1) is 9.81 Å². The normalized spacial score (nSPS) is 19.2. The number of hydrogen-bond acceptors (Lipinski definition) is 6. The van der Waals surface area contributed by atoms with E-state index in [9.17, 15) is 9.59 Å². The topological polar surface area (TPSA) is 40.6 Å². The lowest BCUT2D eigenvalue weighted by molar-refractivity contribution is -0.125. The van der Waals surface area contributed by atoms with E-state index in [2.05, 4.69) is 0 Å². The number of benzene rings is 2. The second-order valence-electron chi connectivity index (χ2n) is 6.71. The van der Waals surface area contributed by atoms with Crippen LogP contribution in [0.15, 0.2) is 58.3 Å². The Hall–Kier alpha value is -1.68. The molecule has 2 aromatic carbocycles. The van der Waals surface area contributed by atoms with Crippen LogP contribution in [0.25, 0.3) is 12.2 Å². The molecule has 0 aromatic heterocycles. The highest BCUT2D eigenvalue weighted by Gasteiger charge is 2.36. The van der Waals surface area contributed by atoms with Crippen LogP contribution in [0.2, 0.25) is 10.0 Å². The molecular formula is C22H14Cl2N2O2S4. The highest BCUT2D eigenvalue weighted by atomic mass is 35.5. The second kappa shape index (κ2) is 10.1. The molecule has 4 rings (SSSR count). The van der Waals surface area contributed by atoms with Crippen molar-refractivity contribution >= 4 is 104 Å². The van der Waals surface area contributed by atoms with E-state index in [-0.39, 0.29) is 24.9 Å². The van der Waals surface area contributed by atoms with Crippen molar-refractivity contribution in [2.24, 2.45) is 0 Å². The average molecular weight is 538 g/mol. The van der Waals surface area contributed by atoms with Gasteiger partial charge in [-0.1, -0.05) is 108 Å². The van der Waals surface area contributed by atoms with E-state index in [1.165, 1.54) is 33.3 Å². The van der Waals surface area contributed by atoms with Gasteiger partial charge >= 0.3 is 0 Å². The van der Waals surface area contributed by atoms with E-state index in [0.29, 0.717) is 28.5 Å². The molecule has 2 aromatic rings. The smallest absolute Gasteiger partial charge is 0.266 e. The van der Waals surface area contributed by atoms with Gasteiger partial charge in [-0.15, -0.1) is 0 Å². The molecular weight excluding hydrogens is 523 g/mol. The van der Waals surface area contributed by atoms with Crippen LogP contribution >= 0.6 is 71.2 Å². The maximum Gasteiger partial charge on any atom is 0.266 e. The molecule has 0 radical (unpaired) electrons. The van der Waals surface area contributed by atoms with Gasteiger partial charge in [-0.3, -0.25) is 19.4 Å². The fourth-order valence-electron chi connectivity index (χ4n) is 3.05. The summed E-state index contributed by atoms with van der Waals surface area (Å²) in [5.41, 5.74) is 1.49. The van der Waals surface area contributed by atoms with Crippen LogP contribution in [0.5, 0.6) is 0 Å². The van der Waals surface area contributed by atoms with Crippen LogP contribution < -0.4 is 0 Å². The van der Waals surface area contributed by atoms with Crippen molar-refractivity contribution in [2.75, 3.05) is 13.1 Å². The standard InChI is InChI=1S/C22H14Cl2N2O2S4/c23-15-7-3-1-5-13(15)11-17-19(27)25(21(29)31-17)9-10-26-20(28)18(32-22(26)30)12-14-6-2-4-8-16(14)24/h1-8,11-12H,9-10H2/b17-11-,18-12-. The maximum absolute atomic E-state index is 12.9. The van der Waals surface area contributed by atoms with Crippen molar-refractivity contribution < 1.29 is 9.59 Å². The van der Waals surface area contributed by atoms with Gasteiger partial charge in [0.2, 0.25) is 0 Å². The predicted molar refractivity (Wildman–Crippen MR) is 143 cm³/mol.